The largest absolute Gasteiger partial charge is 1.00 e. The summed E-state index contributed by atoms with van der Waals surface area (Å²) in [4.78, 5) is 9.17. The normalized spacial score (nSPS) is 7.27. The van der Waals surface area contributed by atoms with E-state index in [0.717, 1.165) is 6.42 Å². The minimum Gasteiger partial charge on any atom is -0.343 e. The van der Waals surface area contributed by atoms with E-state index in [-0.39, 0.29) is 51.4 Å². The van der Waals surface area contributed by atoms with Gasteiger partial charge in [-0.05, 0) is 0 Å². The molecule has 0 aromatic rings. The van der Waals surface area contributed by atoms with E-state index in [0.29, 0.717) is 0 Å². The van der Waals surface area contributed by atoms with Gasteiger partial charge in [0.05, 0.1) is 0 Å². The number of carbonyl (C=O) groups excluding carboxylic acids is 1. The van der Waals surface area contributed by atoms with Gasteiger partial charge in [-0.2, -0.15) is 6.42 Å². The zero-order chi connectivity index (χ0) is 8.41. The van der Waals surface area contributed by atoms with Crippen molar-refractivity contribution in [3.8, 4) is 0 Å². The second-order valence-corrected chi connectivity index (χ2v) is 3.01. The van der Waals surface area contributed by atoms with Gasteiger partial charge >= 0.3 is 51.4 Å². The summed E-state index contributed by atoms with van der Waals surface area (Å²) < 4.78 is -0.444. The van der Waals surface area contributed by atoms with Crippen LogP contribution in [-0.2, 0) is 0 Å². The summed E-state index contributed by atoms with van der Waals surface area (Å²) in [5.74, 6) is 0. The molecule has 0 bridgehead atoms. The third kappa shape index (κ3) is 48.0. The molecule has 0 fully saturated rings. The van der Waals surface area contributed by atoms with E-state index in [1.54, 1.807) is 0 Å². The molecule has 0 spiro atoms. The van der Waals surface area contributed by atoms with Gasteiger partial charge in [-0.25, -0.2) is 0 Å². The number of carbonyl (C=O) groups is 1. The van der Waals surface area contributed by atoms with Crippen LogP contribution in [0.4, 0.5) is 4.79 Å². The fourth-order valence-corrected chi connectivity index (χ4v) is 0.427. The molecule has 11 heavy (non-hydrogen) atoms. The van der Waals surface area contributed by atoms with Crippen molar-refractivity contribution in [1.82, 2.24) is 0 Å². The first-order valence-corrected chi connectivity index (χ1v) is 4.25. The SMILES string of the molecule is O=C(S)S.[CH2-]CCCCC.[K+]. The Bertz CT molecular complexity index is 70.8. The molecule has 0 atom stereocenters. The number of thiol groups is 2. The molecule has 0 amide bonds. The monoisotopic (exact) mass is 218 g/mol. The number of unbranched alkanes of at least 4 members (excludes halogenated alkanes) is 3. The van der Waals surface area contributed by atoms with E-state index in [2.05, 4.69) is 39.1 Å². The molecule has 62 valence electrons. The van der Waals surface area contributed by atoms with Crippen molar-refractivity contribution in [3.05, 3.63) is 6.92 Å². The smallest absolute Gasteiger partial charge is 0.343 e. The van der Waals surface area contributed by atoms with Crippen molar-refractivity contribution < 1.29 is 56.2 Å². The van der Waals surface area contributed by atoms with Crippen LogP contribution in [0, 0.1) is 6.92 Å². The molecule has 0 rings (SSSR count). The van der Waals surface area contributed by atoms with Crippen LogP contribution >= 0.6 is 25.3 Å². The molecular weight excluding hydrogens is 203 g/mol. The van der Waals surface area contributed by atoms with Crippen LogP contribution in [0.2, 0.25) is 0 Å². The van der Waals surface area contributed by atoms with Crippen LogP contribution in [0.1, 0.15) is 32.6 Å². The number of hydrogen-bond donors (Lipinski definition) is 2. The Balaban J connectivity index is -0.000000114. The summed E-state index contributed by atoms with van der Waals surface area (Å²) >= 11 is 6.38. The van der Waals surface area contributed by atoms with Crippen LogP contribution < -0.4 is 51.4 Å². The summed E-state index contributed by atoms with van der Waals surface area (Å²) in [5.41, 5.74) is 0. The van der Waals surface area contributed by atoms with Gasteiger partial charge in [-0.3, -0.25) is 4.79 Å². The Morgan fingerprint density at radius 3 is 1.82 bits per heavy atom. The van der Waals surface area contributed by atoms with Gasteiger partial charge in [-0.1, -0.05) is 51.4 Å². The standard InChI is InChI=1S/C6H13.CH2OS2.K/c1-3-5-6-4-2;2-1(3)4;/h1,3-6H2,2H3;(H2,2,3,4);/q-1;;+1. The molecule has 0 saturated carbocycles. The Morgan fingerprint density at radius 2 is 1.73 bits per heavy atom. The fourth-order valence-electron chi connectivity index (χ4n) is 0.427. The van der Waals surface area contributed by atoms with Crippen LogP contribution in [0.25, 0.3) is 0 Å². The molecule has 0 aliphatic heterocycles. The molecule has 0 N–H and O–H groups in total. The van der Waals surface area contributed by atoms with Crippen LogP contribution in [0.5, 0.6) is 0 Å². The Kier molecular flexibility index (Phi) is 30.5. The fraction of sp³-hybridized carbons (Fsp3) is 0.714. The Hall–Kier alpha value is 2.01. The van der Waals surface area contributed by atoms with Gasteiger partial charge in [0.25, 0.3) is 0 Å². The van der Waals surface area contributed by atoms with E-state index < -0.39 is 4.45 Å². The van der Waals surface area contributed by atoms with Crippen molar-refractivity contribution in [2.75, 3.05) is 0 Å². The van der Waals surface area contributed by atoms with E-state index in [9.17, 15) is 4.79 Å². The zero-order valence-electron chi connectivity index (χ0n) is 7.34. The topological polar surface area (TPSA) is 17.1 Å². The second-order valence-electron chi connectivity index (χ2n) is 1.84. The summed E-state index contributed by atoms with van der Waals surface area (Å²) in [6.07, 6.45) is 5.07. The zero-order valence-corrected chi connectivity index (χ0v) is 12.3. The molecule has 0 aromatic carbocycles. The maximum atomic E-state index is 9.17. The minimum atomic E-state index is -0.444. The minimum absolute atomic E-state index is 0. The first kappa shape index (κ1) is 18.7. The van der Waals surface area contributed by atoms with Gasteiger partial charge < -0.3 is 6.92 Å². The second kappa shape index (κ2) is 17.9. The molecular formula is C7H15KOS2. The van der Waals surface area contributed by atoms with Crippen molar-refractivity contribution >= 4 is 29.7 Å². The quantitative estimate of drug-likeness (QED) is 0.303. The van der Waals surface area contributed by atoms with Crippen LogP contribution in [-0.4, -0.2) is 4.45 Å². The van der Waals surface area contributed by atoms with Crippen molar-refractivity contribution in [2.24, 2.45) is 0 Å². The molecule has 0 heterocycles. The molecule has 4 heteroatoms. The van der Waals surface area contributed by atoms with Gasteiger partial charge in [0.15, 0.2) is 0 Å². The molecule has 0 aliphatic rings. The number of hydrogen-bond acceptors (Lipinski definition) is 1. The average Bonchev–Trinajstić information content (AvgIpc) is 1.82. The van der Waals surface area contributed by atoms with Gasteiger partial charge in [-0.15, -0.1) is 0 Å². The molecule has 0 aromatic heterocycles. The maximum Gasteiger partial charge on any atom is 1.00 e. The predicted octanol–water partition coefficient (Wildman–Crippen LogP) is 0.371. The first-order valence-electron chi connectivity index (χ1n) is 3.36. The van der Waals surface area contributed by atoms with Crippen molar-refractivity contribution in [1.29, 1.82) is 0 Å². The predicted molar refractivity (Wildman–Crippen MR) is 52.9 cm³/mol. The molecule has 1 nitrogen and oxygen atoms in total. The molecule has 0 radical (unpaired) electrons. The average molecular weight is 218 g/mol. The summed E-state index contributed by atoms with van der Waals surface area (Å²) in [6.45, 7) is 5.93. The number of rotatable bonds is 3. The summed E-state index contributed by atoms with van der Waals surface area (Å²) in [5, 5.41) is 0. The Morgan fingerprint density at radius 1 is 1.36 bits per heavy atom. The van der Waals surface area contributed by atoms with Gasteiger partial charge in [0.1, 0.15) is 0 Å². The van der Waals surface area contributed by atoms with Crippen molar-refractivity contribution in [2.45, 2.75) is 32.6 Å². The van der Waals surface area contributed by atoms with E-state index in [4.69, 9.17) is 0 Å². The van der Waals surface area contributed by atoms with E-state index in [1.807, 2.05) is 0 Å². The molecule has 0 unspecified atom stereocenters. The van der Waals surface area contributed by atoms with Crippen LogP contribution in [0.15, 0.2) is 0 Å². The van der Waals surface area contributed by atoms with E-state index in [1.165, 1.54) is 19.3 Å². The third-order valence-corrected chi connectivity index (χ3v) is 0.854. The maximum absolute atomic E-state index is 9.17. The third-order valence-electron chi connectivity index (χ3n) is 0.854. The molecule has 0 saturated heterocycles. The summed E-state index contributed by atoms with van der Waals surface area (Å²) in [7, 11) is 0. The summed E-state index contributed by atoms with van der Waals surface area (Å²) in [6, 6.07) is 0. The molecule has 0 aliphatic carbocycles. The van der Waals surface area contributed by atoms with Gasteiger partial charge in [0, 0.05) is 0 Å². The van der Waals surface area contributed by atoms with Crippen LogP contribution in [0.3, 0.4) is 0 Å². The van der Waals surface area contributed by atoms with Crippen molar-refractivity contribution in [3.63, 3.8) is 0 Å². The van der Waals surface area contributed by atoms with Gasteiger partial charge in [0.2, 0.25) is 4.45 Å². The Labute approximate surface area is 123 Å². The van der Waals surface area contributed by atoms with E-state index >= 15 is 0 Å². The first-order chi connectivity index (χ1) is 4.65.